The predicted molar refractivity (Wildman–Crippen MR) is 55.8 cm³/mol. The molecular weight excluding hydrogens is 192 g/mol. The average molecular weight is 208 g/mol. The van der Waals surface area contributed by atoms with Gasteiger partial charge in [-0.1, -0.05) is 19.3 Å². The molecule has 0 unspecified atom stereocenters. The number of hydrogen-bond acceptors (Lipinski definition) is 2. The number of hydrogen-bond donors (Lipinski definition) is 1. The van der Waals surface area contributed by atoms with Gasteiger partial charge in [0, 0.05) is 12.7 Å². The van der Waals surface area contributed by atoms with Crippen LogP contribution in [0.15, 0.2) is 12.4 Å². The summed E-state index contributed by atoms with van der Waals surface area (Å²) in [6.45, 7) is 0.868. The lowest BCUT2D eigenvalue weighted by Crippen LogP contribution is -2.14. The lowest BCUT2D eigenvalue weighted by Gasteiger charge is -2.21. The molecule has 1 heterocycles. The number of carboxylic acids is 1. The monoisotopic (exact) mass is 208 g/mol. The van der Waals surface area contributed by atoms with Crippen LogP contribution in [-0.2, 0) is 6.54 Å². The number of aromatic carboxylic acids is 1. The number of rotatable bonds is 3. The molecule has 0 atom stereocenters. The van der Waals surface area contributed by atoms with Gasteiger partial charge in [-0.3, -0.25) is 4.68 Å². The Balaban J connectivity index is 1.94. The van der Waals surface area contributed by atoms with Crippen molar-refractivity contribution >= 4 is 5.97 Å². The van der Waals surface area contributed by atoms with Crippen molar-refractivity contribution < 1.29 is 9.90 Å². The molecular formula is C11H16N2O2. The zero-order valence-electron chi connectivity index (χ0n) is 8.72. The molecule has 1 saturated carbocycles. The minimum absolute atomic E-state index is 0.283. The highest BCUT2D eigenvalue weighted by molar-refractivity contribution is 5.86. The summed E-state index contributed by atoms with van der Waals surface area (Å²) >= 11 is 0. The summed E-state index contributed by atoms with van der Waals surface area (Å²) in [6.07, 6.45) is 9.50. The van der Waals surface area contributed by atoms with Gasteiger partial charge in [0.25, 0.3) is 0 Å². The van der Waals surface area contributed by atoms with E-state index in [1.807, 2.05) is 0 Å². The van der Waals surface area contributed by atoms with Crippen LogP contribution < -0.4 is 0 Å². The van der Waals surface area contributed by atoms with Crippen LogP contribution in [-0.4, -0.2) is 20.9 Å². The molecule has 0 bridgehead atoms. The van der Waals surface area contributed by atoms with Gasteiger partial charge >= 0.3 is 5.97 Å². The van der Waals surface area contributed by atoms with Gasteiger partial charge in [-0.05, 0) is 18.8 Å². The van der Waals surface area contributed by atoms with E-state index in [2.05, 4.69) is 5.10 Å². The first-order valence-electron chi connectivity index (χ1n) is 5.51. The molecule has 1 aromatic heterocycles. The number of aromatic nitrogens is 2. The van der Waals surface area contributed by atoms with E-state index in [9.17, 15) is 4.79 Å². The highest BCUT2D eigenvalue weighted by Gasteiger charge is 2.15. The van der Waals surface area contributed by atoms with Crippen molar-refractivity contribution in [3.63, 3.8) is 0 Å². The fourth-order valence-electron chi connectivity index (χ4n) is 2.21. The van der Waals surface area contributed by atoms with Crippen molar-refractivity contribution in [2.24, 2.45) is 5.92 Å². The molecule has 0 radical (unpaired) electrons. The Hall–Kier alpha value is -1.32. The van der Waals surface area contributed by atoms with Crippen LogP contribution in [0.2, 0.25) is 0 Å². The first-order valence-corrected chi connectivity index (χ1v) is 5.51. The van der Waals surface area contributed by atoms with Crippen molar-refractivity contribution in [2.45, 2.75) is 38.6 Å². The molecule has 0 aromatic carbocycles. The van der Waals surface area contributed by atoms with Gasteiger partial charge in [-0.2, -0.15) is 5.10 Å². The van der Waals surface area contributed by atoms with Gasteiger partial charge in [0.15, 0.2) is 0 Å². The molecule has 1 aliphatic carbocycles. The molecule has 4 nitrogen and oxygen atoms in total. The third-order valence-electron chi connectivity index (χ3n) is 3.05. The summed E-state index contributed by atoms with van der Waals surface area (Å²) in [5.74, 6) is -0.217. The summed E-state index contributed by atoms with van der Waals surface area (Å²) in [4.78, 5) is 10.7. The van der Waals surface area contributed by atoms with Crippen molar-refractivity contribution in [1.29, 1.82) is 0 Å². The van der Waals surface area contributed by atoms with Crippen LogP contribution in [0.5, 0.6) is 0 Å². The van der Waals surface area contributed by atoms with Gasteiger partial charge in [0.05, 0.1) is 11.8 Å². The maximum absolute atomic E-state index is 10.7. The second kappa shape index (κ2) is 4.47. The van der Waals surface area contributed by atoms with Crippen molar-refractivity contribution in [1.82, 2.24) is 9.78 Å². The SMILES string of the molecule is O=C(O)c1cnn(CC2CCCCC2)c1. The molecule has 15 heavy (non-hydrogen) atoms. The zero-order chi connectivity index (χ0) is 10.7. The third-order valence-corrected chi connectivity index (χ3v) is 3.05. The fourth-order valence-corrected chi connectivity index (χ4v) is 2.21. The standard InChI is InChI=1S/C11H16N2O2/c14-11(15)10-6-12-13(8-10)7-9-4-2-1-3-5-9/h6,8-9H,1-5,7H2,(H,14,15). The van der Waals surface area contributed by atoms with Crippen molar-refractivity contribution in [3.8, 4) is 0 Å². The fraction of sp³-hybridized carbons (Fsp3) is 0.636. The minimum Gasteiger partial charge on any atom is -0.478 e. The summed E-state index contributed by atoms with van der Waals surface area (Å²) in [6, 6.07) is 0. The van der Waals surface area contributed by atoms with E-state index in [0.717, 1.165) is 6.54 Å². The van der Waals surface area contributed by atoms with Gasteiger partial charge in [0.2, 0.25) is 0 Å². The molecule has 1 aromatic rings. The van der Waals surface area contributed by atoms with Gasteiger partial charge < -0.3 is 5.11 Å². The highest BCUT2D eigenvalue weighted by atomic mass is 16.4. The van der Waals surface area contributed by atoms with Gasteiger partial charge in [-0.25, -0.2) is 4.79 Å². The van der Waals surface area contributed by atoms with Crippen LogP contribution in [0, 0.1) is 5.92 Å². The first-order chi connectivity index (χ1) is 7.25. The van der Waals surface area contributed by atoms with E-state index in [0.29, 0.717) is 5.92 Å². The van der Waals surface area contributed by atoms with Crippen LogP contribution in [0.4, 0.5) is 0 Å². The Bertz CT molecular complexity index is 340. The van der Waals surface area contributed by atoms with E-state index >= 15 is 0 Å². The van der Waals surface area contributed by atoms with Crippen molar-refractivity contribution in [2.75, 3.05) is 0 Å². The van der Waals surface area contributed by atoms with E-state index in [-0.39, 0.29) is 5.56 Å². The zero-order valence-corrected chi connectivity index (χ0v) is 8.72. The second-order valence-corrected chi connectivity index (χ2v) is 4.26. The normalized spacial score (nSPS) is 17.9. The molecule has 1 fully saturated rings. The molecule has 0 spiro atoms. The molecule has 1 N–H and O–H groups in total. The molecule has 2 rings (SSSR count). The van der Waals surface area contributed by atoms with Crippen molar-refractivity contribution in [3.05, 3.63) is 18.0 Å². The summed E-state index contributed by atoms with van der Waals surface area (Å²) in [5.41, 5.74) is 0.283. The summed E-state index contributed by atoms with van der Waals surface area (Å²) in [7, 11) is 0. The maximum Gasteiger partial charge on any atom is 0.338 e. The summed E-state index contributed by atoms with van der Waals surface area (Å²) in [5, 5.41) is 12.8. The first kappa shape index (κ1) is 10.2. The Morgan fingerprint density at radius 1 is 1.47 bits per heavy atom. The molecule has 1 aliphatic rings. The predicted octanol–water partition coefficient (Wildman–Crippen LogP) is 2.16. The van der Waals surface area contributed by atoms with E-state index < -0.39 is 5.97 Å². The Morgan fingerprint density at radius 3 is 2.80 bits per heavy atom. The van der Waals surface area contributed by atoms with Crippen LogP contribution in [0.1, 0.15) is 42.5 Å². The third kappa shape index (κ3) is 2.58. The molecule has 0 saturated heterocycles. The molecule has 0 amide bonds. The van der Waals surface area contributed by atoms with Gasteiger partial charge in [0.1, 0.15) is 0 Å². The summed E-state index contributed by atoms with van der Waals surface area (Å²) < 4.78 is 1.76. The average Bonchev–Trinajstić information content (AvgIpc) is 2.68. The Morgan fingerprint density at radius 2 is 2.20 bits per heavy atom. The van der Waals surface area contributed by atoms with E-state index in [4.69, 9.17) is 5.11 Å². The van der Waals surface area contributed by atoms with Crippen LogP contribution >= 0.6 is 0 Å². The maximum atomic E-state index is 10.7. The second-order valence-electron chi connectivity index (χ2n) is 4.26. The molecule has 0 aliphatic heterocycles. The van der Waals surface area contributed by atoms with Crippen LogP contribution in [0.3, 0.4) is 0 Å². The van der Waals surface area contributed by atoms with E-state index in [1.54, 1.807) is 10.9 Å². The molecule has 4 heteroatoms. The lowest BCUT2D eigenvalue weighted by molar-refractivity contribution is 0.0696. The number of carboxylic acid groups (broad SMARTS) is 1. The number of carbonyl (C=O) groups is 1. The Labute approximate surface area is 88.9 Å². The number of nitrogens with zero attached hydrogens (tertiary/aromatic N) is 2. The topological polar surface area (TPSA) is 55.1 Å². The minimum atomic E-state index is -0.898. The molecule has 82 valence electrons. The van der Waals surface area contributed by atoms with Gasteiger partial charge in [-0.15, -0.1) is 0 Å². The smallest absolute Gasteiger partial charge is 0.338 e. The lowest BCUT2D eigenvalue weighted by atomic mass is 9.89. The van der Waals surface area contributed by atoms with E-state index in [1.165, 1.54) is 38.3 Å². The highest BCUT2D eigenvalue weighted by Crippen LogP contribution is 2.24. The largest absolute Gasteiger partial charge is 0.478 e. The van der Waals surface area contributed by atoms with Crippen LogP contribution in [0.25, 0.3) is 0 Å². The quantitative estimate of drug-likeness (QED) is 0.828. The Kier molecular flexibility index (Phi) is 3.04.